The zero-order valence-corrected chi connectivity index (χ0v) is 15.1. The van der Waals surface area contributed by atoms with Gasteiger partial charge in [0.2, 0.25) is 5.91 Å². The van der Waals surface area contributed by atoms with Gasteiger partial charge in [0.05, 0.1) is 12.7 Å². The average Bonchev–Trinajstić information content (AvgIpc) is 2.58. The molecule has 0 heterocycles. The molecule has 6 heteroatoms. The van der Waals surface area contributed by atoms with Gasteiger partial charge in [-0.05, 0) is 42.8 Å². The number of methoxy groups -OCH3 is 1. The molecule has 2 aromatic rings. The second-order valence-electron chi connectivity index (χ2n) is 5.23. The summed E-state index contributed by atoms with van der Waals surface area (Å²) >= 11 is 3.43. The number of carbonyl (C=O) groups excluding carboxylic acids is 2. The van der Waals surface area contributed by atoms with E-state index in [0.29, 0.717) is 17.8 Å². The van der Waals surface area contributed by atoms with E-state index in [1.165, 1.54) is 7.11 Å². The molecule has 0 aliphatic heterocycles. The third-order valence-corrected chi connectivity index (χ3v) is 4.33. The number of rotatable bonds is 6. The van der Waals surface area contributed by atoms with Crippen LogP contribution in [0.15, 0.2) is 46.9 Å². The lowest BCUT2D eigenvalue weighted by Gasteiger charge is -2.11. The largest absolute Gasteiger partial charge is 0.465 e. The van der Waals surface area contributed by atoms with Crippen molar-refractivity contribution in [2.24, 2.45) is 0 Å². The Morgan fingerprint density at radius 1 is 1.17 bits per heavy atom. The van der Waals surface area contributed by atoms with E-state index in [1.807, 2.05) is 31.2 Å². The number of para-hydroxylation sites is 1. The number of hydrogen-bond donors (Lipinski definition) is 2. The number of ether oxygens (including phenoxy) is 1. The van der Waals surface area contributed by atoms with E-state index in [0.717, 1.165) is 15.7 Å². The van der Waals surface area contributed by atoms with Gasteiger partial charge in [-0.2, -0.15) is 0 Å². The van der Waals surface area contributed by atoms with Gasteiger partial charge in [0.1, 0.15) is 0 Å². The van der Waals surface area contributed by atoms with Crippen molar-refractivity contribution in [3.8, 4) is 0 Å². The lowest BCUT2D eigenvalue weighted by Crippen LogP contribution is -2.17. The molecule has 0 unspecified atom stereocenters. The first-order valence-electron chi connectivity index (χ1n) is 7.48. The quantitative estimate of drug-likeness (QED) is 0.731. The summed E-state index contributed by atoms with van der Waals surface area (Å²) in [5, 5.41) is 5.95. The molecule has 2 aromatic carbocycles. The third kappa shape index (κ3) is 4.83. The maximum absolute atomic E-state index is 12.0. The molecule has 0 aliphatic rings. The van der Waals surface area contributed by atoms with E-state index in [4.69, 9.17) is 4.74 Å². The maximum atomic E-state index is 12.0. The monoisotopic (exact) mass is 390 g/mol. The Labute approximate surface area is 149 Å². The summed E-state index contributed by atoms with van der Waals surface area (Å²) < 4.78 is 5.74. The number of amides is 1. The van der Waals surface area contributed by atoms with Gasteiger partial charge in [-0.15, -0.1) is 0 Å². The smallest absolute Gasteiger partial charge is 0.339 e. The summed E-state index contributed by atoms with van der Waals surface area (Å²) in [5.41, 5.74) is 2.91. The lowest BCUT2D eigenvalue weighted by molar-refractivity contribution is -0.115. The molecular weight excluding hydrogens is 372 g/mol. The van der Waals surface area contributed by atoms with Crippen molar-refractivity contribution in [1.82, 2.24) is 0 Å². The van der Waals surface area contributed by atoms with Crippen LogP contribution in [0.2, 0.25) is 0 Å². The van der Waals surface area contributed by atoms with Crippen LogP contribution < -0.4 is 10.6 Å². The molecule has 0 spiro atoms. The zero-order valence-electron chi connectivity index (χ0n) is 13.6. The molecular formula is C18H19BrN2O3. The Bertz CT molecular complexity index is 747. The van der Waals surface area contributed by atoms with Crippen LogP contribution in [-0.4, -0.2) is 25.5 Å². The Kier molecular flexibility index (Phi) is 6.37. The number of aryl methyl sites for hydroxylation is 1. The van der Waals surface area contributed by atoms with Gasteiger partial charge in [-0.3, -0.25) is 4.79 Å². The second kappa shape index (κ2) is 8.49. The maximum Gasteiger partial charge on any atom is 0.339 e. The fourth-order valence-electron chi connectivity index (χ4n) is 2.18. The van der Waals surface area contributed by atoms with E-state index in [9.17, 15) is 9.59 Å². The van der Waals surface area contributed by atoms with Gasteiger partial charge in [-0.1, -0.05) is 28.1 Å². The van der Waals surface area contributed by atoms with Gasteiger partial charge in [0.15, 0.2) is 0 Å². The minimum Gasteiger partial charge on any atom is -0.465 e. The summed E-state index contributed by atoms with van der Waals surface area (Å²) in [7, 11) is 1.34. The molecule has 0 atom stereocenters. The predicted molar refractivity (Wildman–Crippen MR) is 98.4 cm³/mol. The SMILES string of the molecule is COC(=O)c1ccccc1NCCC(=O)Nc1ccc(Br)c(C)c1. The first-order chi connectivity index (χ1) is 11.5. The van der Waals surface area contributed by atoms with Gasteiger partial charge >= 0.3 is 5.97 Å². The summed E-state index contributed by atoms with van der Waals surface area (Å²) in [6, 6.07) is 12.7. The van der Waals surface area contributed by atoms with Crippen LogP contribution in [0.3, 0.4) is 0 Å². The molecule has 24 heavy (non-hydrogen) atoms. The Morgan fingerprint density at radius 2 is 1.92 bits per heavy atom. The van der Waals surface area contributed by atoms with Crippen LogP contribution >= 0.6 is 15.9 Å². The van der Waals surface area contributed by atoms with Gasteiger partial charge in [0, 0.05) is 28.8 Å². The van der Waals surface area contributed by atoms with E-state index >= 15 is 0 Å². The number of nitrogens with one attached hydrogen (secondary N) is 2. The fourth-order valence-corrected chi connectivity index (χ4v) is 2.43. The number of halogens is 1. The summed E-state index contributed by atoms with van der Waals surface area (Å²) in [4.78, 5) is 23.7. The highest BCUT2D eigenvalue weighted by Crippen LogP contribution is 2.20. The summed E-state index contributed by atoms with van der Waals surface area (Å²) in [5.74, 6) is -0.507. The van der Waals surface area contributed by atoms with Crippen molar-refractivity contribution < 1.29 is 14.3 Å². The minimum absolute atomic E-state index is 0.0974. The van der Waals surface area contributed by atoms with Crippen LogP contribution in [-0.2, 0) is 9.53 Å². The Hall–Kier alpha value is -2.34. The van der Waals surface area contributed by atoms with Crippen LogP contribution in [0.25, 0.3) is 0 Å². The molecule has 1 amide bonds. The molecule has 2 rings (SSSR count). The van der Waals surface area contributed by atoms with Crippen molar-refractivity contribution in [2.45, 2.75) is 13.3 Å². The molecule has 0 radical (unpaired) electrons. The molecule has 2 N–H and O–H groups in total. The number of anilines is 2. The zero-order chi connectivity index (χ0) is 17.5. The van der Waals surface area contributed by atoms with E-state index < -0.39 is 5.97 Å². The highest BCUT2D eigenvalue weighted by molar-refractivity contribution is 9.10. The molecule has 126 valence electrons. The van der Waals surface area contributed by atoms with E-state index in [2.05, 4.69) is 26.6 Å². The molecule has 0 bridgehead atoms. The van der Waals surface area contributed by atoms with Crippen molar-refractivity contribution >= 4 is 39.2 Å². The standard InChI is InChI=1S/C18H19BrN2O3/c1-12-11-13(7-8-15(12)19)21-17(22)9-10-20-16-6-4-3-5-14(16)18(23)24-2/h3-8,11,20H,9-10H2,1-2H3,(H,21,22). The number of hydrogen-bond acceptors (Lipinski definition) is 4. The first-order valence-corrected chi connectivity index (χ1v) is 8.28. The number of carbonyl (C=O) groups is 2. The highest BCUT2D eigenvalue weighted by Gasteiger charge is 2.11. The van der Waals surface area contributed by atoms with E-state index in [1.54, 1.807) is 18.2 Å². The van der Waals surface area contributed by atoms with Crippen molar-refractivity contribution in [3.63, 3.8) is 0 Å². The fraction of sp³-hybridized carbons (Fsp3) is 0.222. The average molecular weight is 391 g/mol. The minimum atomic E-state index is -0.409. The first kappa shape index (κ1) is 18.0. The summed E-state index contributed by atoms with van der Waals surface area (Å²) in [6.07, 6.45) is 0.282. The topological polar surface area (TPSA) is 67.4 Å². The molecule has 0 fully saturated rings. The molecule has 0 aromatic heterocycles. The number of esters is 1. The van der Waals surface area contributed by atoms with E-state index in [-0.39, 0.29) is 12.3 Å². The van der Waals surface area contributed by atoms with Gasteiger partial charge in [-0.25, -0.2) is 4.79 Å². The Balaban J connectivity index is 1.89. The van der Waals surface area contributed by atoms with Gasteiger partial charge < -0.3 is 15.4 Å². The van der Waals surface area contributed by atoms with Crippen molar-refractivity contribution in [2.75, 3.05) is 24.3 Å². The van der Waals surface area contributed by atoms with Crippen LogP contribution in [0.1, 0.15) is 22.3 Å². The molecule has 0 saturated carbocycles. The molecule has 0 saturated heterocycles. The van der Waals surface area contributed by atoms with Crippen molar-refractivity contribution in [3.05, 3.63) is 58.1 Å². The second-order valence-corrected chi connectivity index (χ2v) is 6.08. The normalized spacial score (nSPS) is 10.1. The van der Waals surface area contributed by atoms with Crippen LogP contribution in [0.4, 0.5) is 11.4 Å². The number of benzene rings is 2. The van der Waals surface area contributed by atoms with Gasteiger partial charge in [0.25, 0.3) is 0 Å². The van der Waals surface area contributed by atoms with Crippen molar-refractivity contribution in [1.29, 1.82) is 0 Å². The summed E-state index contributed by atoms with van der Waals surface area (Å²) in [6.45, 7) is 2.38. The predicted octanol–water partition coefficient (Wildman–Crippen LogP) is 3.98. The van der Waals surface area contributed by atoms with Crippen LogP contribution in [0.5, 0.6) is 0 Å². The lowest BCUT2D eigenvalue weighted by atomic mass is 10.1. The Morgan fingerprint density at radius 3 is 2.62 bits per heavy atom. The highest BCUT2D eigenvalue weighted by atomic mass is 79.9. The molecule has 5 nitrogen and oxygen atoms in total. The molecule has 0 aliphatic carbocycles. The third-order valence-electron chi connectivity index (χ3n) is 3.44. The van der Waals surface area contributed by atoms with Crippen LogP contribution in [0, 0.1) is 6.92 Å².